The molecule has 0 saturated carbocycles. The third-order valence-corrected chi connectivity index (χ3v) is 4.24. The third-order valence-electron chi connectivity index (χ3n) is 3.43. The number of methoxy groups -OCH3 is 3. The van der Waals surface area contributed by atoms with Crippen LogP contribution >= 0.6 is 22.6 Å². The van der Waals surface area contributed by atoms with Crippen LogP contribution in [0.5, 0.6) is 11.5 Å². The highest BCUT2D eigenvalue weighted by Crippen LogP contribution is 2.34. The predicted molar refractivity (Wildman–Crippen MR) is 83.7 cm³/mol. The summed E-state index contributed by atoms with van der Waals surface area (Å²) in [6, 6.07) is 2.85. The van der Waals surface area contributed by atoms with E-state index in [1.54, 1.807) is 19.2 Å². The standard InChI is InChI=1S/C14H16INO5/c1-19-11-7-8(6-9(15)12(11)20-2)13(17)16-5-4-10(16)14(18)21-3/h6-7,10H,4-5H2,1-3H3/t10-/m1/s1. The molecule has 1 aliphatic heterocycles. The predicted octanol–water partition coefficient (Wildman–Crippen LogP) is 1.70. The van der Waals surface area contributed by atoms with Crippen LogP contribution in [0.15, 0.2) is 12.1 Å². The molecular formula is C14H16INO5. The summed E-state index contributed by atoms with van der Waals surface area (Å²) in [4.78, 5) is 25.6. The Morgan fingerprint density at radius 2 is 1.95 bits per heavy atom. The maximum atomic E-state index is 12.5. The fraction of sp³-hybridized carbons (Fsp3) is 0.429. The van der Waals surface area contributed by atoms with Crippen LogP contribution in [0.3, 0.4) is 0 Å². The number of hydrogen-bond acceptors (Lipinski definition) is 5. The van der Waals surface area contributed by atoms with Gasteiger partial charge in [0.05, 0.1) is 24.9 Å². The summed E-state index contributed by atoms with van der Waals surface area (Å²) in [5.41, 5.74) is 0.464. The van der Waals surface area contributed by atoms with Gasteiger partial charge in [-0.2, -0.15) is 0 Å². The van der Waals surface area contributed by atoms with E-state index in [0.717, 1.165) is 3.57 Å². The van der Waals surface area contributed by atoms with E-state index in [1.165, 1.54) is 19.1 Å². The number of nitrogens with zero attached hydrogens (tertiary/aromatic N) is 1. The molecule has 1 aromatic carbocycles. The van der Waals surface area contributed by atoms with Crippen molar-refractivity contribution < 1.29 is 23.8 Å². The van der Waals surface area contributed by atoms with Gasteiger partial charge in [-0.3, -0.25) is 4.79 Å². The van der Waals surface area contributed by atoms with Gasteiger partial charge in [0.2, 0.25) is 0 Å². The highest BCUT2D eigenvalue weighted by atomic mass is 127. The number of hydrogen-bond donors (Lipinski definition) is 0. The molecule has 1 aromatic rings. The largest absolute Gasteiger partial charge is 0.493 e. The molecule has 1 atom stereocenters. The summed E-state index contributed by atoms with van der Waals surface area (Å²) >= 11 is 2.08. The molecule has 21 heavy (non-hydrogen) atoms. The van der Waals surface area contributed by atoms with Crippen molar-refractivity contribution in [2.45, 2.75) is 12.5 Å². The van der Waals surface area contributed by atoms with Crippen molar-refractivity contribution >= 4 is 34.5 Å². The van der Waals surface area contributed by atoms with Crippen molar-refractivity contribution in [2.24, 2.45) is 0 Å². The smallest absolute Gasteiger partial charge is 0.328 e. The Hall–Kier alpha value is -1.51. The summed E-state index contributed by atoms with van der Waals surface area (Å²) in [6.07, 6.45) is 0.628. The van der Waals surface area contributed by atoms with Gasteiger partial charge in [-0.15, -0.1) is 0 Å². The van der Waals surface area contributed by atoms with Crippen LogP contribution in [-0.2, 0) is 9.53 Å². The van der Waals surface area contributed by atoms with Crippen molar-refractivity contribution in [2.75, 3.05) is 27.9 Å². The Labute approximate surface area is 136 Å². The van der Waals surface area contributed by atoms with Gasteiger partial charge in [0, 0.05) is 12.1 Å². The minimum absolute atomic E-state index is 0.212. The monoisotopic (exact) mass is 405 g/mol. The zero-order chi connectivity index (χ0) is 15.6. The quantitative estimate of drug-likeness (QED) is 0.564. The van der Waals surface area contributed by atoms with Crippen LogP contribution in [0.1, 0.15) is 16.8 Å². The molecule has 114 valence electrons. The molecule has 1 saturated heterocycles. The lowest BCUT2D eigenvalue weighted by Gasteiger charge is -2.38. The molecule has 0 aliphatic carbocycles. The molecule has 0 unspecified atom stereocenters. The van der Waals surface area contributed by atoms with Crippen molar-refractivity contribution in [3.63, 3.8) is 0 Å². The van der Waals surface area contributed by atoms with Gasteiger partial charge in [0.15, 0.2) is 11.5 Å². The van der Waals surface area contributed by atoms with E-state index in [4.69, 9.17) is 14.2 Å². The molecule has 1 amide bonds. The first-order chi connectivity index (χ1) is 10.0. The molecule has 1 heterocycles. The van der Waals surface area contributed by atoms with Crippen molar-refractivity contribution in [1.29, 1.82) is 0 Å². The van der Waals surface area contributed by atoms with Crippen LogP contribution in [0.4, 0.5) is 0 Å². The first-order valence-corrected chi connectivity index (χ1v) is 7.41. The fourth-order valence-electron chi connectivity index (χ4n) is 2.22. The molecule has 0 spiro atoms. The molecule has 1 fully saturated rings. The van der Waals surface area contributed by atoms with Crippen LogP contribution in [0.25, 0.3) is 0 Å². The molecular weight excluding hydrogens is 389 g/mol. The highest BCUT2D eigenvalue weighted by Gasteiger charge is 2.39. The second kappa shape index (κ2) is 6.50. The number of carbonyl (C=O) groups is 2. The van der Waals surface area contributed by atoms with Crippen molar-refractivity contribution in [3.05, 3.63) is 21.3 Å². The van der Waals surface area contributed by atoms with Gasteiger partial charge in [0.1, 0.15) is 6.04 Å². The Kier molecular flexibility index (Phi) is 4.92. The molecule has 0 N–H and O–H groups in total. The normalized spacial score (nSPS) is 17.0. The van der Waals surface area contributed by atoms with Gasteiger partial charge >= 0.3 is 5.97 Å². The number of amides is 1. The second-order valence-corrected chi connectivity index (χ2v) is 5.68. The number of likely N-dealkylation sites (tertiary alicyclic amines) is 1. The van der Waals surface area contributed by atoms with E-state index in [1.807, 2.05) is 0 Å². The van der Waals surface area contributed by atoms with Gasteiger partial charge in [-0.05, 0) is 41.1 Å². The van der Waals surface area contributed by atoms with E-state index in [2.05, 4.69) is 22.6 Å². The Bertz CT molecular complexity index is 575. The van der Waals surface area contributed by atoms with E-state index in [9.17, 15) is 9.59 Å². The van der Waals surface area contributed by atoms with Gasteiger partial charge in [-0.1, -0.05) is 0 Å². The SMILES string of the molecule is COC(=O)[C@H]1CCN1C(=O)c1cc(I)c(OC)c(OC)c1. The lowest BCUT2D eigenvalue weighted by atomic mass is 10.0. The number of halogens is 1. The average molecular weight is 405 g/mol. The lowest BCUT2D eigenvalue weighted by molar-refractivity contribution is -0.149. The maximum absolute atomic E-state index is 12.5. The average Bonchev–Trinajstić information content (AvgIpc) is 2.44. The molecule has 2 rings (SSSR count). The van der Waals surface area contributed by atoms with Crippen LogP contribution in [-0.4, -0.2) is 50.7 Å². The zero-order valence-corrected chi connectivity index (χ0v) is 14.2. The first-order valence-electron chi connectivity index (χ1n) is 6.33. The molecule has 1 aliphatic rings. The number of rotatable bonds is 4. The zero-order valence-electron chi connectivity index (χ0n) is 12.0. The molecule has 0 aromatic heterocycles. The molecule has 7 heteroatoms. The molecule has 6 nitrogen and oxygen atoms in total. The van der Waals surface area contributed by atoms with Crippen LogP contribution in [0, 0.1) is 3.57 Å². The second-order valence-electron chi connectivity index (χ2n) is 4.52. The minimum atomic E-state index is -0.492. The number of benzene rings is 1. The third kappa shape index (κ3) is 2.92. The topological polar surface area (TPSA) is 65.1 Å². The fourth-order valence-corrected chi connectivity index (χ4v) is 3.04. The Balaban J connectivity index is 2.28. The van der Waals surface area contributed by atoms with E-state index in [0.29, 0.717) is 30.0 Å². The number of carbonyl (C=O) groups excluding carboxylic acids is 2. The minimum Gasteiger partial charge on any atom is -0.493 e. The highest BCUT2D eigenvalue weighted by molar-refractivity contribution is 14.1. The van der Waals surface area contributed by atoms with Crippen LogP contribution < -0.4 is 9.47 Å². The van der Waals surface area contributed by atoms with E-state index in [-0.39, 0.29) is 11.9 Å². The lowest BCUT2D eigenvalue weighted by Crippen LogP contribution is -2.55. The number of esters is 1. The summed E-state index contributed by atoms with van der Waals surface area (Å²) in [5, 5.41) is 0. The first kappa shape index (κ1) is 15.9. The van der Waals surface area contributed by atoms with Crippen molar-refractivity contribution in [1.82, 2.24) is 4.90 Å². The van der Waals surface area contributed by atoms with Gasteiger partial charge in [0.25, 0.3) is 5.91 Å². The molecule has 0 radical (unpaired) electrons. The van der Waals surface area contributed by atoms with E-state index < -0.39 is 6.04 Å². The van der Waals surface area contributed by atoms with E-state index >= 15 is 0 Å². The molecule has 0 bridgehead atoms. The summed E-state index contributed by atoms with van der Waals surface area (Å²) < 4.78 is 16.0. The number of ether oxygens (including phenoxy) is 3. The Morgan fingerprint density at radius 3 is 2.43 bits per heavy atom. The van der Waals surface area contributed by atoms with Gasteiger partial charge in [-0.25, -0.2) is 4.79 Å². The summed E-state index contributed by atoms with van der Waals surface area (Å²) in [7, 11) is 4.38. The maximum Gasteiger partial charge on any atom is 0.328 e. The summed E-state index contributed by atoms with van der Waals surface area (Å²) in [5.74, 6) is 0.478. The van der Waals surface area contributed by atoms with Gasteiger partial charge < -0.3 is 19.1 Å². The van der Waals surface area contributed by atoms with Crippen LogP contribution in [0.2, 0.25) is 0 Å². The Morgan fingerprint density at radius 1 is 1.24 bits per heavy atom. The van der Waals surface area contributed by atoms with Crippen molar-refractivity contribution in [3.8, 4) is 11.5 Å². The summed E-state index contributed by atoms with van der Waals surface area (Å²) in [6.45, 7) is 0.545.